The summed E-state index contributed by atoms with van der Waals surface area (Å²) in [6.07, 6.45) is 0. The van der Waals surface area contributed by atoms with Crippen LogP contribution in [0.2, 0.25) is 0 Å². The fraction of sp³-hybridized carbons (Fsp3) is 0.385. The van der Waals surface area contributed by atoms with Crippen LogP contribution < -0.4 is 0 Å². The molecule has 0 N–H and O–H groups in total. The fourth-order valence-corrected chi connectivity index (χ4v) is 1.76. The highest BCUT2D eigenvalue weighted by molar-refractivity contribution is 6.17. The molecule has 0 aliphatic rings. The molecule has 1 heterocycles. The minimum absolute atomic E-state index is 0.173. The normalized spacial score (nSPS) is 12.3. The molecule has 2 aromatic rings. The molecule has 80 valence electrons. The maximum absolute atomic E-state index is 5.73. The average molecular weight is 223 g/mol. The number of hydrogen-bond donors (Lipinski definition) is 0. The number of benzene rings is 1. The van der Waals surface area contributed by atoms with Gasteiger partial charge in [0.15, 0.2) is 0 Å². The van der Waals surface area contributed by atoms with Crippen LogP contribution in [-0.2, 0) is 11.3 Å². The lowest BCUT2D eigenvalue weighted by atomic mass is 9.86. The zero-order valence-corrected chi connectivity index (χ0v) is 10.1. The Morgan fingerprint density at radius 2 is 1.93 bits per heavy atom. The molecule has 0 radical (unpaired) electrons. The summed E-state index contributed by atoms with van der Waals surface area (Å²) < 4.78 is 5.55. The van der Waals surface area contributed by atoms with Crippen molar-refractivity contribution in [1.29, 1.82) is 0 Å². The van der Waals surface area contributed by atoms with Crippen molar-refractivity contribution in [2.75, 3.05) is 0 Å². The van der Waals surface area contributed by atoms with Gasteiger partial charge in [0.2, 0.25) is 0 Å². The van der Waals surface area contributed by atoms with Crippen molar-refractivity contribution in [2.45, 2.75) is 32.1 Å². The predicted molar refractivity (Wildman–Crippen MR) is 64.5 cm³/mol. The van der Waals surface area contributed by atoms with E-state index in [0.29, 0.717) is 5.88 Å². The molecule has 0 spiro atoms. The fourth-order valence-electron chi connectivity index (χ4n) is 1.63. The summed E-state index contributed by atoms with van der Waals surface area (Å²) in [5, 5.41) is 1.14. The van der Waals surface area contributed by atoms with Crippen LogP contribution in [0.25, 0.3) is 11.0 Å². The van der Waals surface area contributed by atoms with Crippen molar-refractivity contribution in [3.05, 3.63) is 35.6 Å². The minimum atomic E-state index is 0.173. The van der Waals surface area contributed by atoms with Crippen LogP contribution in [0.4, 0.5) is 0 Å². The van der Waals surface area contributed by atoms with Gasteiger partial charge in [-0.3, -0.25) is 0 Å². The first-order chi connectivity index (χ1) is 7.00. The number of fused-ring (bicyclic) bond motifs is 1. The van der Waals surface area contributed by atoms with Crippen molar-refractivity contribution in [2.24, 2.45) is 0 Å². The Bertz CT molecular complexity index is 477. The van der Waals surface area contributed by atoms with E-state index in [1.54, 1.807) is 0 Å². The van der Waals surface area contributed by atoms with Gasteiger partial charge in [-0.25, -0.2) is 0 Å². The number of alkyl halides is 1. The summed E-state index contributed by atoms with van der Waals surface area (Å²) in [5.41, 5.74) is 2.41. The molecule has 2 heteroatoms. The summed E-state index contributed by atoms with van der Waals surface area (Å²) in [4.78, 5) is 0. The molecule has 0 bridgehead atoms. The van der Waals surface area contributed by atoms with E-state index in [1.165, 1.54) is 5.56 Å². The molecule has 15 heavy (non-hydrogen) atoms. The number of rotatable bonds is 1. The highest BCUT2D eigenvalue weighted by Gasteiger charge is 2.14. The molecule has 0 saturated heterocycles. The lowest BCUT2D eigenvalue weighted by molar-refractivity contribution is 0.571. The number of hydrogen-bond acceptors (Lipinski definition) is 1. The first-order valence-corrected chi connectivity index (χ1v) is 5.63. The molecule has 0 unspecified atom stereocenters. The molecule has 0 fully saturated rings. The molecule has 0 saturated carbocycles. The van der Waals surface area contributed by atoms with Crippen LogP contribution in [-0.4, -0.2) is 0 Å². The second kappa shape index (κ2) is 3.57. The molecule has 1 aromatic heterocycles. The minimum Gasteiger partial charge on any atom is -0.460 e. The third kappa shape index (κ3) is 2.03. The summed E-state index contributed by atoms with van der Waals surface area (Å²) in [6.45, 7) is 6.62. The van der Waals surface area contributed by atoms with Gasteiger partial charge in [-0.2, -0.15) is 0 Å². The largest absolute Gasteiger partial charge is 0.460 e. The van der Waals surface area contributed by atoms with E-state index >= 15 is 0 Å². The summed E-state index contributed by atoms with van der Waals surface area (Å²) >= 11 is 5.73. The van der Waals surface area contributed by atoms with Crippen molar-refractivity contribution in [3.63, 3.8) is 0 Å². The van der Waals surface area contributed by atoms with Gasteiger partial charge in [-0.15, -0.1) is 11.6 Å². The van der Waals surface area contributed by atoms with E-state index in [1.807, 2.05) is 12.1 Å². The highest BCUT2D eigenvalue weighted by Crippen LogP contribution is 2.28. The Labute approximate surface area is 95.0 Å². The van der Waals surface area contributed by atoms with E-state index in [-0.39, 0.29) is 5.41 Å². The maximum atomic E-state index is 5.73. The molecular formula is C13H15ClO. The molecule has 1 aromatic carbocycles. The second-order valence-corrected chi connectivity index (χ2v) is 5.12. The maximum Gasteiger partial charge on any atom is 0.134 e. The van der Waals surface area contributed by atoms with Gasteiger partial charge in [0.05, 0.1) is 5.88 Å². The van der Waals surface area contributed by atoms with E-state index in [9.17, 15) is 0 Å². The van der Waals surface area contributed by atoms with Gasteiger partial charge in [-0.1, -0.05) is 26.8 Å². The smallest absolute Gasteiger partial charge is 0.134 e. The third-order valence-electron chi connectivity index (χ3n) is 2.57. The Morgan fingerprint density at radius 3 is 2.53 bits per heavy atom. The van der Waals surface area contributed by atoms with Crippen LogP contribution in [0.5, 0.6) is 0 Å². The van der Waals surface area contributed by atoms with Crippen LogP contribution in [0.3, 0.4) is 0 Å². The molecule has 0 aliphatic heterocycles. The van der Waals surface area contributed by atoms with Gasteiger partial charge in [0.1, 0.15) is 11.3 Å². The predicted octanol–water partition coefficient (Wildman–Crippen LogP) is 4.47. The Hall–Kier alpha value is -0.950. The van der Waals surface area contributed by atoms with Gasteiger partial charge < -0.3 is 4.42 Å². The van der Waals surface area contributed by atoms with E-state index in [2.05, 4.69) is 32.9 Å². The quantitative estimate of drug-likeness (QED) is 0.649. The topological polar surface area (TPSA) is 13.1 Å². The van der Waals surface area contributed by atoms with E-state index < -0.39 is 0 Å². The Kier molecular flexibility index (Phi) is 2.51. The van der Waals surface area contributed by atoms with E-state index in [4.69, 9.17) is 16.0 Å². The third-order valence-corrected chi connectivity index (χ3v) is 2.83. The monoisotopic (exact) mass is 222 g/mol. The lowest BCUT2D eigenvalue weighted by Gasteiger charge is -2.18. The van der Waals surface area contributed by atoms with Crippen LogP contribution in [0.1, 0.15) is 32.1 Å². The summed E-state index contributed by atoms with van der Waals surface area (Å²) in [5.74, 6) is 1.26. The van der Waals surface area contributed by atoms with E-state index in [0.717, 1.165) is 16.7 Å². The zero-order valence-electron chi connectivity index (χ0n) is 9.30. The van der Waals surface area contributed by atoms with Crippen molar-refractivity contribution >= 4 is 22.6 Å². The summed E-state index contributed by atoms with van der Waals surface area (Å²) in [6, 6.07) is 8.32. The Morgan fingerprint density at radius 1 is 1.20 bits per heavy atom. The number of halogens is 1. The average Bonchev–Trinajstić information content (AvgIpc) is 2.57. The first kappa shape index (κ1) is 10.6. The second-order valence-electron chi connectivity index (χ2n) is 4.85. The zero-order chi connectivity index (χ0) is 11.1. The van der Waals surface area contributed by atoms with Crippen LogP contribution >= 0.6 is 11.6 Å². The van der Waals surface area contributed by atoms with Gasteiger partial charge in [0.25, 0.3) is 0 Å². The van der Waals surface area contributed by atoms with Crippen molar-refractivity contribution in [1.82, 2.24) is 0 Å². The van der Waals surface area contributed by atoms with Gasteiger partial charge in [-0.05, 0) is 29.2 Å². The van der Waals surface area contributed by atoms with Crippen molar-refractivity contribution in [3.8, 4) is 0 Å². The molecule has 0 amide bonds. The van der Waals surface area contributed by atoms with Crippen molar-refractivity contribution < 1.29 is 4.42 Å². The lowest BCUT2D eigenvalue weighted by Crippen LogP contribution is -2.10. The number of furan rings is 1. The van der Waals surface area contributed by atoms with Gasteiger partial charge in [0, 0.05) is 5.39 Å². The molecular weight excluding hydrogens is 208 g/mol. The molecule has 2 rings (SSSR count). The van der Waals surface area contributed by atoms with Crippen LogP contribution in [0.15, 0.2) is 28.7 Å². The molecule has 0 aliphatic carbocycles. The van der Waals surface area contributed by atoms with Gasteiger partial charge >= 0.3 is 0 Å². The SMILES string of the molecule is CC(C)(C)c1ccc2oc(CCl)cc2c1. The molecule has 0 atom stereocenters. The molecule has 1 nitrogen and oxygen atoms in total. The summed E-state index contributed by atoms with van der Waals surface area (Å²) in [7, 11) is 0. The first-order valence-electron chi connectivity index (χ1n) is 5.09. The van der Waals surface area contributed by atoms with Crippen LogP contribution in [0, 0.1) is 0 Å². The highest BCUT2D eigenvalue weighted by atomic mass is 35.5. The Balaban J connectivity index is 2.55. The standard InChI is InChI=1S/C13H15ClO/c1-13(2,3)10-4-5-12-9(6-10)7-11(8-14)15-12/h4-7H,8H2,1-3H3.